The standard InChI is InChI=1S/C12H9Cl2N5O/c13-8-1-2-9-7(11(8)14)3-10(12(20)18-15)19(9)6-4-16-17-5-6/h1-5H,15H2,(H,16,17)(H,18,20). The van der Waals surface area contributed by atoms with E-state index in [-0.39, 0.29) is 0 Å². The van der Waals surface area contributed by atoms with E-state index in [4.69, 9.17) is 29.0 Å². The summed E-state index contributed by atoms with van der Waals surface area (Å²) in [4.78, 5) is 11.9. The second-order valence-corrected chi connectivity index (χ2v) is 4.87. The Bertz CT molecular complexity index is 794. The zero-order chi connectivity index (χ0) is 14.3. The summed E-state index contributed by atoms with van der Waals surface area (Å²) in [6.45, 7) is 0. The number of H-pyrrole nitrogens is 1. The number of halogens is 2. The number of fused-ring (bicyclic) bond motifs is 1. The summed E-state index contributed by atoms with van der Waals surface area (Å²) in [5.41, 5.74) is 3.88. The number of hydrogen-bond donors (Lipinski definition) is 3. The van der Waals surface area contributed by atoms with Crippen LogP contribution in [0.5, 0.6) is 0 Å². The van der Waals surface area contributed by atoms with E-state index < -0.39 is 5.91 Å². The van der Waals surface area contributed by atoms with E-state index in [1.165, 1.54) is 0 Å². The van der Waals surface area contributed by atoms with Gasteiger partial charge >= 0.3 is 0 Å². The molecule has 6 nitrogen and oxygen atoms in total. The van der Waals surface area contributed by atoms with Gasteiger partial charge in [-0.2, -0.15) is 5.10 Å². The van der Waals surface area contributed by atoms with Crippen molar-refractivity contribution >= 4 is 40.0 Å². The summed E-state index contributed by atoms with van der Waals surface area (Å²) >= 11 is 12.2. The minimum atomic E-state index is -0.436. The molecule has 1 amide bonds. The summed E-state index contributed by atoms with van der Waals surface area (Å²) in [5, 5.41) is 8.06. The summed E-state index contributed by atoms with van der Waals surface area (Å²) in [6.07, 6.45) is 3.25. The third-order valence-corrected chi connectivity index (χ3v) is 3.80. The number of amides is 1. The lowest BCUT2D eigenvalue weighted by Gasteiger charge is -2.07. The molecule has 0 aliphatic rings. The number of nitrogens with zero attached hydrogens (tertiary/aromatic N) is 2. The first-order valence-electron chi connectivity index (χ1n) is 5.63. The average molecular weight is 310 g/mol. The van der Waals surface area contributed by atoms with Gasteiger partial charge in [-0.05, 0) is 18.2 Å². The van der Waals surface area contributed by atoms with Gasteiger partial charge in [0.05, 0.1) is 27.4 Å². The molecule has 2 aromatic heterocycles. The van der Waals surface area contributed by atoms with Crippen molar-refractivity contribution in [2.45, 2.75) is 0 Å². The number of nitrogens with one attached hydrogen (secondary N) is 2. The Hall–Kier alpha value is -2.02. The van der Waals surface area contributed by atoms with Gasteiger partial charge in [-0.15, -0.1) is 0 Å². The van der Waals surface area contributed by atoms with Crippen LogP contribution >= 0.6 is 23.2 Å². The summed E-state index contributed by atoms with van der Waals surface area (Å²) in [7, 11) is 0. The molecule has 0 fully saturated rings. The Kier molecular flexibility index (Phi) is 3.13. The van der Waals surface area contributed by atoms with Crippen LogP contribution in [-0.2, 0) is 0 Å². The smallest absolute Gasteiger partial charge is 0.282 e. The number of rotatable bonds is 2. The number of nitrogen functional groups attached to an aromatic ring is 1. The minimum absolute atomic E-state index is 0.341. The third kappa shape index (κ3) is 1.85. The van der Waals surface area contributed by atoms with Gasteiger partial charge in [0.1, 0.15) is 5.69 Å². The molecule has 0 saturated carbocycles. The van der Waals surface area contributed by atoms with Crippen molar-refractivity contribution in [3.63, 3.8) is 0 Å². The summed E-state index contributed by atoms with van der Waals surface area (Å²) in [5.74, 6) is 4.79. The van der Waals surface area contributed by atoms with E-state index in [0.29, 0.717) is 26.8 Å². The summed E-state index contributed by atoms with van der Waals surface area (Å²) < 4.78 is 1.70. The molecule has 0 spiro atoms. The molecule has 4 N–H and O–H groups in total. The number of hydrazine groups is 1. The van der Waals surface area contributed by atoms with Gasteiger partial charge in [-0.25, -0.2) is 5.84 Å². The lowest BCUT2D eigenvalue weighted by Crippen LogP contribution is -2.31. The third-order valence-electron chi connectivity index (χ3n) is 2.98. The maximum atomic E-state index is 11.9. The van der Waals surface area contributed by atoms with Crippen molar-refractivity contribution in [2.24, 2.45) is 5.84 Å². The van der Waals surface area contributed by atoms with Gasteiger partial charge < -0.3 is 4.57 Å². The molecule has 0 atom stereocenters. The Balaban J connectivity index is 2.40. The van der Waals surface area contributed by atoms with Gasteiger partial charge in [0, 0.05) is 11.6 Å². The molecule has 0 bridgehead atoms. The van der Waals surface area contributed by atoms with Crippen LogP contribution in [0.15, 0.2) is 30.6 Å². The Morgan fingerprint density at radius 3 is 2.85 bits per heavy atom. The van der Waals surface area contributed by atoms with Crippen LogP contribution < -0.4 is 11.3 Å². The van der Waals surface area contributed by atoms with Crippen LogP contribution in [-0.4, -0.2) is 20.7 Å². The van der Waals surface area contributed by atoms with Crippen LogP contribution in [0, 0.1) is 0 Å². The molecule has 0 radical (unpaired) electrons. The largest absolute Gasteiger partial charge is 0.302 e. The Labute approximate surface area is 123 Å². The van der Waals surface area contributed by atoms with Crippen molar-refractivity contribution in [1.82, 2.24) is 20.2 Å². The second kappa shape index (κ2) is 4.82. The highest BCUT2D eigenvalue weighted by atomic mass is 35.5. The Morgan fingerprint density at radius 2 is 2.20 bits per heavy atom. The van der Waals surface area contributed by atoms with Crippen molar-refractivity contribution < 1.29 is 4.79 Å². The molecule has 2 heterocycles. The fourth-order valence-corrected chi connectivity index (χ4v) is 2.48. The van der Waals surface area contributed by atoms with E-state index in [0.717, 1.165) is 5.52 Å². The molecule has 3 aromatic rings. The molecule has 3 rings (SSSR count). The van der Waals surface area contributed by atoms with Crippen LogP contribution in [0.1, 0.15) is 10.5 Å². The number of carbonyl (C=O) groups excluding carboxylic acids is 1. The predicted octanol–water partition coefficient (Wildman–Crippen LogP) is 2.26. The minimum Gasteiger partial charge on any atom is -0.302 e. The molecule has 20 heavy (non-hydrogen) atoms. The maximum absolute atomic E-state index is 11.9. The predicted molar refractivity (Wildman–Crippen MR) is 77.1 cm³/mol. The number of hydrogen-bond acceptors (Lipinski definition) is 3. The highest BCUT2D eigenvalue weighted by molar-refractivity contribution is 6.45. The van der Waals surface area contributed by atoms with Crippen molar-refractivity contribution in [3.05, 3.63) is 46.3 Å². The number of aromatic amines is 1. The molecule has 0 aliphatic carbocycles. The lowest BCUT2D eigenvalue weighted by molar-refractivity contribution is 0.0947. The van der Waals surface area contributed by atoms with Crippen LogP contribution in [0.4, 0.5) is 0 Å². The molecule has 1 aromatic carbocycles. The molecule has 0 unspecified atom stereocenters. The Morgan fingerprint density at radius 1 is 1.40 bits per heavy atom. The van der Waals surface area contributed by atoms with Crippen LogP contribution in [0.2, 0.25) is 10.0 Å². The average Bonchev–Trinajstić information content (AvgIpc) is 3.08. The lowest BCUT2D eigenvalue weighted by atomic mass is 10.2. The fraction of sp³-hybridized carbons (Fsp3) is 0. The molecule has 0 saturated heterocycles. The zero-order valence-electron chi connectivity index (χ0n) is 10.0. The first-order valence-corrected chi connectivity index (χ1v) is 6.38. The van der Waals surface area contributed by atoms with E-state index in [9.17, 15) is 4.79 Å². The molecular weight excluding hydrogens is 301 g/mol. The number of carbonyl (C=O) groups is 1. The van der Waals surface area contributed by atoms with Crippen molar-refractivity contribution in [1.29, 1.82) is 0 Å². The normalized spacial score (nSPS) is 10.9. The highest BCUT2D eigenvalue weighted by Crippen LogP contribution is 2.34. The van der Waals surface area contributed by atoms with E-state index in [2.05, 4.69) is 15.6 Å². The van der Waals surface area contributed by atoms with Crippen LogP contribution in [0.3, 0.4) is 0 Å². The van der Waals surface area contributed by atoms with Crippen molar-refractivity contribution in [2.75, 3.05) is 0 Å². The van der Waals surface area contributed by atoms with Gasteiger partial charge in [0.15, 0.2) is 0 Å². The molecule has 0 aliphatic heterocycles. The SMILES string of the molecule is NNC(=O)c1cc2c(Cl)c(Cl)ccc2n1-c1cn[nH]c1. The maximum Gasteiger partial charge on any atom is 0.282 e. The number of aromatic nitrogens is 3. The molecular formula is C12H9Cl2N5O. The van der Waals surface area contributed by atoms with Crippen LogP contribution in [0.25, 0.3) is 16.6 Å². The fourth-order valence-electron chi connectivity index (χ4n) is 2.11. The van der Waals surface area contributed by atoms with Gasteiger partial charge in [0.2, 0.25) is 0 Å². The van der Waals surface area contributed by atoms with Gasteiger partial charge in [-0.3, -0.25) is 15.3 Å². The molecule has 102 valence electrons. The molecule has 8 heteroatoms. The highest BCUT2D eigenvalue weighted by Gasteiger charge is 2.19. The number of nitrogens with two attached hydrogens (primary N) is 1. The second-order valence-electron chi connectivity index (χ2n) is 4.09. The van der Waals surface area contributed by atoms with Gasteiger partial charge in [0.25, 0.3) is 5.91 Å². The first-order chi connectivity index (χ1) is 9.63. The monoisotopic (exact) mass is 309 g/mol. The van der Waals surface area contributed by atoms with E-state index in [1.807, 2.05) is 0 Å². The van der Waals surface area contributed by atoms with E-state index in [1.54, 1.807) is 35.2 Å². The number of benzene rings is 1. The quantitative estimate of drug-likeness (QED) is 0.385. The van der Waals surface area contributed by atoms with E-state index >= 15 is 0 Å². The zero-order valence-corrected chi connectivity index (χ0v) is 11.5. The van der Waals surface area contributed by atoms with Crippen molar-refractivity contribution in [3.8, 4) is 5.69 Å². The first kappa shape index (κ1) is 13.0. The topological polar surface area (TPSA) is 88.7 Å². The summed E-state index contributed by atoms with van der Waals surface area (Å²) in [6, 6.07) is 5.09. The van der Waals surface area contributed by atoms with Gasteiger partial charge in [-0.1, -0.05) is 23.2 Å².